The largest absolute Gasteiger partial charge is 0.398 e. The first kappa shape index (κ1) is 25.0. The Labute approximate surface area is 212 Å². The van der Waals surface area contributed by atoms with Crippen LogP contribution >= 0.6 is 11.6 Å². The second-order valence-corrected chi connectivity index (χ2v) is 9.84. The van der Waals surface area contributed by atoms with E-state index in [1.165, 1.54) is 6.07 Å². The number of piperazine rings is 1. The summed E-state index contributed by atoms with van der Waals surface area (Å²) in [7, 11) is 0. The number of nitrogens with two attached hydrogens (primary N) is 1. The molecular formula is C27H34ClFN6. The third-order valence-corrected chi connectivity index (χ3v) is 7.17. The fourth-order valence-corrected chi connectivity index (χ4v) is 5.03. The van der Waals surface area contributed by atoms with Gasteiger partial charge >= 0.3 is 0 Å². The van der Waals surface area contributed by atoms with Crippen molar-refractivity contribution in [3.8, 4) is 0 Å². The Morgan fingerprint density at radius 3 is 2.66 bits per heavy atom. The van der Waals surface area contributed by atoms with Gasteiger partial charge in [0, 0.05) is 61.8 Å². The SMILES string of the molecule is C=C(/N=C(\C=C(/N)c1ccc(C)c(F)c1)N1CCN(c2ncccc2Cl)C[C@H]1C)N1CCCC1C. The molecule has 1 aromatic carbocycles. The van der Waals surface area contributed by atoms with Crippen LogP contribution in [0.2, 0.25) is 5.02 Å². The summed E-state index contributed by atoms with van der Waals surface area (Å²) in [4.78, 5) is 16.1. The maximum atomic E-state index is 14.2. The fraction of sp³-hybridized carbons (Fsp3) is 0.407. The molecule has 2 fully saturated rings. The maximum Gasteiger partial charge on any atom is 0.147 e. The number of pyridine rings is 1. The van der Waals surface area contributed by atoms with Crippen molar-refractivity contribution in [1.29, 1.82) is 0 Å². The van der Waals surface area contributed by atoms with Gasteiger partial charge in [0.05, 0.1) is 5.02 Å². The summed E-state index contributed by atoms with van der Waals surface area (Å²) >= 11 is 6.40. The molecule has 2 atom stereocenters. The molecule has 0 radical (unpaired) electrons. The fourth-order valence-electron chi connectivity index (χ4n) is 4.79. The third-order valence-electron chi connectivity index (χ3n) is 6.88. The van der Waals surface area contributed by atoms with E-state index in [1.807, 2.05) is 24.3 Å². The lowest BCUT2D eigenvalue weighted by atomic mass is 10.1. The predicted molar refractivity (Wildman–Crippen MR) is 143 cm³/mol. The monoisotopic (exact) mass is 496 g/mol. The zero-order chi connectivity index (χ0) is 25.1. The Morgan fingerprint density at radius 1 is 1.20 bits per heavy atom. The number of nitrogens with zero attached hydrogens (tertiary/aromatic N) is 5. The van der Waals surface area contributed by atoms with Gasteiger partial charge in [-0.25, -0.2) is 14.4 Å². The van der Waals surface area contributed by atoms with Crippen LogP contribution in [0.1, 0.15) is 37.8 Å². The summed E-state index contributed by atoms with van der Waals surface area (Å²) in [6.07, 6.45) is 5.86. The summed E-state index contributed by atoms with van der Waals surface area (Å²) in [5.74, 6) is 1.97. The van der Waals surface area contributed by atoms with Crippen LogP contribution in [-0.4, -0.2) is 58.9 Å². The molecule has 0 aliphatic carbocycles. The number of aromatic nitrogens is 1. The molecule has 186 valence electrons. The highest BCUT2D eigenvalue weighted by atomic mass is 35.5. The Kier molecular flexibility index (Phi) is 7.65. The molecule has 0 spiro atoms. The molecule has 2 aromatic rings. The number of benzene rings is 1. The van der Waals surface area contributed by atoms with Crippen molar-refractivity contribution in [2.75, 3.05) is 31.1 Å². The lowest BCUT2D eigenvalue weighted by molar-refractivity contribution is 0.294. The van der Waals surface area contributed by atoms with Gasteiger partial charge in [0.2, 0.25) is 0 Å². The molecular weight excluding hydrogens is 463 g/mol. The van der Waals surface area contributed by atoms with Crippen LogP contribution < -0.4 is 10.6 Å². The van der Waals surface area contributed by atoms with Crippen molar-refractivity contribution in [2.45, 2.75) is 45.7 Å². The van der Waals surface area contributed by atoms with Gasteiger partial charge in [-0.15, -0.1) is 0 Å². The number of aryl methyl sites for hydroxylation is 1. The zero-order valence-corrected chi connectivity index (χ0v) is 21.5. The molecule has 0 saturated carbocycles. The number of aliphatic imine (C=N–C) groups is 1. The molecule has 2 aliphatic heterocycles. The van der Waals surface area contributed by atoms with Gasteiger partial charge < -0.3 is 20.4 Å². The lowest BCUT2D eigenvalue weighted by Crippen LogP contribution is -2.54. The van der Waals surface area contributed by atoms with Crippen LogP contribution in [0.15, 0.2) is 60.0 Å². The van der Waals surface area contributed by atoms with E-state index in [1.54, 1.807) is 19.2 Å². The first-order chi connectivity index (χ1) is 16.7. The highest BCUT2D eigenvalue weighted by molar-refractivity contribution is 6.32. The molecule has 3 heterocycles. The predicted octanol–water partition coefficient (Wildman–Crippen LogP) is 5.05. The molecule has 6 nitrogen and oxygen atoms in total. The summed E-state index contributed by atoms with van der Waals surface area (Å²) in [6, 6.07) is 9.26. The van der Waals surface area contributed by atoms with Crippen LogP contribution in [0.3, 0.4) is 0 Å². The average molecular weight is 497 g/mol. The summed E-state index contributed by atoms with van der Waals surface area (Å²) < 4.78 is 14.2. The van der Waals surface area contributed by atoms with Gasteiger partial charge in [-0.3, -0.25) is 0 Å². The minimum absolute atomic E-state index is 0.114. The minimum atomic E-state index is -0.276. The van der Waals surface area contributed by atoms with Gasteiger partial charge in [-0.2, -0.15) is 0 Å². The number of rotatable bonds is 5. The first-order valence-corrected chi connectivity index (χ1v) is 12.5. The van der Waals surface area contributed by atoms with E-state index in [-0.39, 0.29) is 11.9 Å². The van der Waals surface area contributed by atoms with Crippen molar-refractivity contribution in [3.05, 3.63) is 77.0 Å². The number of anilines is 1. The van der Waals surface area contributed by atoms with Crippen LogP contribution in [0.25, 0.3) is 5.70 Å². The first-order valence-electron chi connectivity index (χ1n) is 12.1. The summed E-state index contributed by atoms with van der Waals surface area (Å²) in [5, 5.41) is 0.643. The molecule has 35 heavy (non-hydrogen) atoms. The Balaban J connectivity index is 1.63. The van der Waals surface area contributed by atoms with Gasteiger partial charge in [0.1, 0.15) is 23.3 Å². The lowest BCUT2D eigenvalue weighted by Gasteiger charge is -2.42. The van der Waals surface area contributed by atoms with Gasteiger partial charge in [-0.1, -0.05) is 30.3 Å². The van der Waals surface area contributed by atoms with E-state index in [4.69, 9.17) is 22.3 Å². The van der Waals surface area contributed by atoms with E-state index in [9.17, 15) is 4.39 Å². The van der Waals surface area contributed by atoms with E-state index in [0.717, 1.165) is 50.0 Å². The summed E-state index contributed by atoms with van der Waals surface area (Å²) in [6.45, 7) is 13.5. The smallest absolute Gasteiger partial charge is 0.147 e. The van der Waals surface area contributed by atoms with Crippen molar-refractivity contribution < 1.29 is 4.39 Å². The molecule has 0 bridgehead atoms. The van der Waals surface area contributed by atoms with Crippen LogP contribution in [0, 0.1) is 12.7 Å². The van der Waals surface area contributed by atoms with Crippen LogP contribution in [0.4, 0.5) is 10.2 Å². The normalized spacial score (nSPS) is 21.6. The molecule has 1 aromatic heterocycles. The minimum Gasteiger partial charge on any atom is -0.398 e. The highest BCUT2D eigenvalue weighted by Gasteiger charge is 2.28. The number of likely N-dealkylation sites (tertiary alicyclic amines) is 1. The molecule has 0 amide bonds. The van der Waals surface area contributed by atoms with E-state index < -0.39 is 0 Å². The molecule has 2 N–H and O–H groups in total. The van der Waals surface area contributed by atoms with Crippen LogP contribution in [0.5, 0.6) is 0 Å². The number of halogens is 2. The highest BCUT2D eigenvalue weighted by Crippen LogP contribution is 2.27. The van der Waals surface area contributed by atoms with Crippen molar-refractivity contribution in [2.24, 2.45) is 10.7 Å². The second-order valence-electron chi connectivity index (χ2n) is 9.43. The molecule has 8 heteroatoms. The second kappa shape index (κ2) is 10.7. The topological polar surface area (TPSA) is 61.0 Å². The molecule has 2 aliphatic rings. The average Bonchev–Trinajstić information content (AvgIpc) is 3.26. The number of amidine groups is 1. The molecule has 4 rings (SSSR count). The standard InChI is InChI=1S/C27H34ClFN6/c1-18-9-10-22(15-24(18)29)25(30)16-26(32-21(4)34-12-6-7-19(34)2)35-14-13-33(17-20(35)3)27-23(28)8-5-11-31-27/h5,8-11,15-16,19-20H,4,6-7,12-14,17,30H2,1-3H3/b25-16-,32-26+/t19?,20-/m1/s1. The van der Waals surface area contributed by atoms with Gasteiger partial charge in [0.25, 0.3) is 0 Å². The van der Waals surface area contributed by atoms with Crippen molar-refractivity contribution >= 4 is 29.0 Å². The third kappa shape index (κ3) is 5.61. The van der Waals surface area contributed by atoms with Gasteiger partial charge in [-0.05, 0) is 57.4 Å². The van der Waals surface area contributed by atoms with E-state index in [2.05, 4.69) is 40.1 Å². The van der Waals surface area contributed by atoms with E-state index in [0.29, 0.717) is 34.4 Å². The Bertz CT molecular complexity index is 1150. The Hall–Kier alpha value is -3.06. The van der Waals surface area contributed by atoms with Crippen LogP contribution in [-0.2, 0) is 0 Å². The molecule has 1 unspecified atom stereocenters. The maximum absolute atomic E-state index is 14.2. The Morgan fingerprint density at radius 2 is 2.00 bits per heavy atom. The quantitative estimate of drug-likeness (QED) is 0.464. The zero-order valence-electron chi connectivity index (χ0n) is 20.7. The summed E-state index contributed by atoms with van der Waals surface area (Å²) in [5.41, 5.74) is 8.15. The van der Waals surface area contributed by atoms with Crippen molar-refractivity contribution in [1.82, 2.24) is 14.8 Å². The molecule has 2 saturated heterocycles. The van der Waals surface area contributed by atoms with Crippen molar-refractivity contribution in [3.63, 3.8) is 0 Å². The number of hydrogen-bond donors (Lipinski definition) is 1. The van der Waals surface area contributed by atoms with Gasteiger partial charge in [0.15, 0.2) is 0 Å². The van der Waals surface area contributed by atoms with E-state index >= 15 is 0 Å². The number of hydrogen-bond acceptors (Lipinski definition) is 5.